The maximum absolute atomic E-state index is 6.23. The summed E-state index contributed by atoms with van der Waals surface area (Å²) >= 11 is 0. The topological polar surface area (TPSA) is 8.17 Å². The van der Waals surface area contributed by atoms with Crippen molar-refractivity contribution in [3.63, 3.8) is 0 Å². The predicted molar refractivity (Wildman–Crippen MR) is 357 cm³/mol. The van der Waals surface area contributed by atoms with E-state index in [0.29, 0.717) is 22.3 Å². The Bertz CT molecular complexity index is 4990. The third-order valence-corrected chi connectivity index (χ3v) is 17.2. The molecule has 0 N–H and O–H groups in total. The molecule has 0 radical (unpaired) electrons. The van der Waals surface area contributed by atoms with E-state index in [4.69, 9.17) is 25.7 Å². The molecule has 1 aliphatic carbocycles. The minimum atomic E-state index is -0.145. The van der Waals surface area contributed by atoms with Crippen molar-refractivity contribution in [3.05, 3.63) is 300 Å². The summed E-state index contributed by atoms with van der Waals surface area (Å²) in [4.78, 5) is 2.39. The molecule has 2 heteroatoms. The van der Waals surface area contributed by atoms with Crippen LogP contribution in [0, 0.1) is 49.4 Å². The number of fused-ring (bicyclic) bond motifs is 6. The number of aromatic nitrogens is 1. The Labute approximate surface area is 498 Å². The summed E-state index contributed by atoms with van der Waals surface area (Å²) in [5.41, 5.74) is 26.8. The van der Waals surface area contributed by atoms with E-state index in [9.17, 15) is 0 Å². The van der Waals surface area contributed by atoms with Crippen LogP contribution in [0.4, 0.5) is 17.1 Å². The molecule has 0 saturated heterocycles. The first-order valence-corrected chi connectivity index (χ1v) is 28.5. The van der Waals surface area contributed by atoms with Gasteiger partial charge in [0.1, 0.15) is 0 Å². The van der Waals surface area contributed by atoms with Gasteiger partial charge in [-0.2, -0.15) is 0 Å². The molecule has 0 atom stereocenters. The lowest BCUT2D eigenvalue weighted by atomic mass is 9.82. The number of hydrogen-bond donors (Lipinski definition) is 0. The molecule has 13 aromatic rings. The van der Waals surface area contributed by atoms with Crippen LogP contribution in [-0.2, 0) is 5.41 Å². The molecule has 1 heterocycles. The second-order valence-corrected chi connectivity index (χ2v) is 22.2. The molecule has 0 amide bonds. The Morgan fingerprint density at radius 3 is 1.40 bits per heavy atom. The van der Waals surface area contributed by atoms with Crippen LogP contribution >= 0.6 is 0 Å². The summed E-state index contributed by atoms with van der Waals surface area (Å²) in [5, 5.41) is 2.30. The Morgan fingerprint density at radius 1 is 0.306 bits per heavy atom. The van der Waals surface area contributed by atoms with Gasteiger partial charge in [0.2, 0.25) is 0 Å². The van der Waals surface area contributed by atoms with Crippen molar-refractivity contribution in [2.24, 2.45) is 0 Å². The van der Waals surface area contributed by atoms with Gasteiger partial charge in [-0.3, -0.25) is 0 Å². The molecule has 2 nitrogen and oxygen atoms in total. The highest BCUT2D eigenvalue weighted by atomic mass is 15.1. The molecule has 0 bridgehead atoms. The van der Waals surface area contributed by atoms with Gasteiger partial charge in [0, 0.05) is 61.2 Å². The van der Waals surface area contributed by atoms with Crippen molar-refractivity contribution < 1.29 is 0 Å². The van der Waals surface area contributed by atoms with Crippen LogP contribution in [-0.4, -0.2) is 4.57 Å². The van der Waals surface area contributed by atoms with Crippen molar-refractivity contribution in [2.75, 3.05) is 4.90 Å². The molecule has 1 aromatic heterocycles. The van der Waals surface area contributed by atoms with E-state index < -0.39 is 0 Å². The zero-order valence-electron chi connectivity index (χ0n) is 47.1. The minimum absolute atomic E-state index is 0.145. The van der Waals surface area contributed by atoms with E-state index in [-0.39, 0.29) is 5.41 Å². The SMILES string of the molecule is C#Cc1cccc(-c2ccc(-c3cccc(C#C)c3C#C)c(-c3cccc(-c4ccc5c(c4)c4cc(-c6ccc(N(c7ccc(-c8ccccc8)cc7)c7ccc8c(c7)C(C)(C)c7ccccc7-8)cc6)ccc4n5-c4ccccc4)c3)c2)c1C#C. The van der Waals surface area contributed by atoms with Crippen LogP contribution in [0.15, 0.2) is 267 Å². The van der Waals surface area contributed by atoms with Gasteiger partial charge in [-0.15, -0.1) is 25.7 Å². The molecule has 14 rings (SSSR count). The van der Waals surface area contributed by atoms with Gasteiger partial charge in [0.15, 0.2) is 0 Å². The standard InChI is InChI=1S/C83H54N2/c1-7-55-24-20-31-71(69(55)9-3)64-38-46-73(72-32-21-25-56(8-2)70(72)10-4)76(53-64)63-27-19-26-60(50-63)62-40-49-82-78(52-62)77-51-61(39-48-81(77)85(82)65-28-15-12-16-29-65)59-36-43-67(44-37-59)84(66-41-34-58(35-42-66)57-22-13-11-14-23-57)68-45-47-75-74-30-17-18-33-79(74)83(5,6)80(75)54-68/h1-4,11-54H,5-6H3. The largest absolute Gasteiger partial charge is 0.310 e. The Kier molecular flexibility index (Phi) is 12.8. The van der Waals surface area contributed by atoms with E-state index in [1.807, 2.05) is 36.4 Å². The predicted octanol–water partition coefficient (Wildman–Crippen LogP) is 20.5. The van der Waals surface area contributed by atoms with Crippen molar-refractivity contribution in [3.8, 4) is 133 Å². The van der Waals surface area contributed by atoms with E-state index >= 15 is 0 Å². The highest BCUT2D eigenvalue weighted by Gasteiger charge is 2.36. The summed E-state index contributed by atoms with van der Waals surface area (Å²) in [6.07, 6.45) is 24.4. The fraction of sp³-hybridized carbons (Fsp3) is 0.0361. The van der Waals surface area contributed by atoms with Crippen molar-refractivity contribution >= 4 is 38.9 Å². The maximum Gasteiger partial charge on any atom is 0.0541 e. The van der Waals surface area contributed by atoms with Crippen molar-refractivity contribution in [2.45, 2.75) is 19.3 Å². The highest BCUT2D eigenvalue weighted by molar-refractivity contribution is 6.12. The van der Waals surface area contributed by atoms with Crippen LogP contribution in [0.25, 0.3) is 105 Å². The normalized spacial score (nSPS) is 11.9. The summed E-state index contributed by atoms with van der Waals surface area (Å²) in [5.74, 6) is 11.4. The molecule has 0 fully saturated rings. The van der Waals surface area contributed by atoms with Crippen LogP contribution in [0.2, 0.25) is 0 Å². The molecule has 396 valence electrons. The van der Waals surface area contributed by atoms with Gasteiger partial charge in [-0.05, 0) is 186 Å². The molecule has 12 aromatic carbocycles. The number of anilines is 3. The van der Waals surface area contributed by atoms with Crippen LogP contribution < -0.4 is 4.90 Å². The summed E-state index contributed by atoms with van der Waals surface area (Å²) in [6.45, 7) is 4.69. The van der Waals surface area contributed by atoms with Crippen LogP contribution in [0.1, 0.15) is 47.2 Å². The monoisotopic (exact) mass is 1080 g/mol. The summed E-state index contributed by atoms with van der Waals surface area (Å²) < 4.78 is 2.37. The molecule has 0 aliphatic heterocycles. The fourth-order valence-corrected chi connectivity index (χ4v) is 12.9. The Balaban J connectivity index is 0.877. The molecule has 1 aliphatic rings. The highest BCUT2D eigenvalue weighted by Crippen LogP contribution is 2.51. The second-order valence-electron chi connectivity index (χ2n) is 22.2. The molecule has 0 unspecified atom stereocenters. The quantitative estimate of drug-likeness (QED) is 0.124. The second kappa shape index (κ2) is 21.1. The molecule has 85 heavy (non-hydrogen) atoms. The number of nitrogens with zero attached hydrogens (tertiary/aromatic N) is 2. The van der Waals surface area contributed by atoms with E-state index in [0.717, 1.165) is 100 Å². The first-order valence-electron chi connectivity index (χ1n) is 28.5. The first kappa shape index (κ1) is 51.6. The fourth-order valence-electron chi connectivity index (χ4n) is 12.9. The summed E-state index contributed by atoms with van der Waals surface area (Å²) in [7, 11) is 0. The lowest BCUT2D eigenvalue weighted by molar-refractivity contribution is 0.660. The zero-order chi connectivity index (χ0) is 57.8. The van der Waals surface area contributed by atoms with Gasteiger partial charge < -0.3 is 9.47 Å². The van der Waals surface area contributed by atoms with Gasteiger partial charge in [0.25, 0.3) is 0 Å². The summed E-state index contributed by atoms with van der Waals surface area (Å²) in [6, 6.07) is 95.6. The minimum Gasteiger partial charge on any atom is -0.310 e. The number of rotatable bonds is 10. The Hall–Kier alpha value is -11.5. The average molecular weight is 1080 g/mol. The van der Waals surface area contributed by atoms with Gasteiger partial charge >= 0.3 is 0 Å². The first-order chi connectivity index (χ1) is 41.7. The number of hydrogen-bond acceptors (Lipinski definition) is 1. The molecule has 0 saturated carbocycles. The van der Waals surface area contributed by atoms with E-state index in [2.05, 4.69) is 278 Å². The maximum atomic E-state index is 6.23. The van der Waals surface area contributed by atoms with Crippen molar-refractivity contribution in [1.82, 2.24) is 4.57 Å². The van der Waals surface area contributed by atoms with Crippen LogP contribution in [0.5, 0.6) is 0 Å². The number of terminal acetylenes is 4. The smallest absolute Gasteiger partial charge is 0.0541 e. The molecule has 0 spiro atoms. The van der Waals surface area contributed by atoms with E-state index in [1.165, 1.54) is 33.4 Å². The van der Waals surface area contributed by atoms with Gasteiger partial charge in [-0.25, -0.2) is 0 Å². The lowest BCUT2D eigenvalue weighted by Gasteiger charge is -2.28. The third-order valence-electron chi connectivity index (χ3n) is 17.2. The Morgan fingerprint density at radius 2 is 0.753 bits per heavy atom. The van der Waals surface area contributed by atoms with E-state index in [1.54, 1.807) is 0 Å². The average Bonchev–Trinajstić information content (AvgIpc) is 2.32. The third kappa shape index (κ3) is 8.87. The number of para-hydroxylation sites is 1. The molecular weight excluding hydrogens is 1020 g/mol. The van der Waals surface area contributed by atoms with Gasteiger partial charge in [-0.1, -0.05) is 207 Å². The van der Waals surface area contributed by atoms with Crippen molar-refractivity contribution in [1.29, 1.82) is 0 Å². The zero-order valence-corrected chi connectivity index (χ0v) is 47.1. The molecular formula is C83H54N2. The lowest BCUT2D eigenvalue weighted by Crippen LogP contribution is -2.16. The van der Waals surface area contributed by atoms with Crippen LogP contribution in [0.3, 0.4) is 0 Å². The van der Waals surface area contributed by atoms with Gasteiger partial charge in [0.05, 0.1) is 11.0 Å². The number of benzene rings is 12.